The van der Waals surface area contributed by atoms with Crippen LogP contribution in [0.25, 0.3) is 44.5 Å². The molecule has 12 heteroatoms. The molecular weight excluding hydrogens is 1630 g/mol. The van der Waals surface area contributed by atoms with E-state index in [0.717, 1.165) is 234 Å². The van der Waals surface area contributed by atoms with E-state index < -0.39 is 25.2 Å². The van der Waals surface area contributed by atoms with E-state index in [1.54, 1.807) is 0 Å². The number of rotatable bonds is 48. The van der Waals surface area contributed by atoms with Crippen LogP contribution < -0.4 is 37.9 Å². The van der Waals surface area contributed by atoms with Gasteiger partial charge in [-0.15, -0.1) is 0 Å². The highest BCUT2D eigenvalue weighted by Crippen LogP contribution is 2.59. The van der Waals surface area contributed by atoms with E-state index in [2.05, 4.69) is 242 Å². The molecule has 0 fully saturated rings. The Morgan fingerprint density at radius 2 is 0.311 bits per heavy atom. The molecule has 0 saturated carbocycles. The van der Waals surface area contributed by atoms with Gasteiger partial charge in [-0.3, -0.25) is 19.9 Å². The van der Waals surface area contributed by atoms with Crippen molar-refractivity contribution < 1.29 is 37.9 Å². The van der Waals surface area contributed by atoms with Crippen LogP contribution in [0, 0.1) is 0 Å². The van der Waals surface area contributed by atoms with E-state index in [0.29, 0.717) is 0 Å². The summed E-state index contributed by atoms with van der Waals surface area (Å²) in [4.78, 5) is 17.6. The summed E-state index contributed by atoms with van der Waals surface area (Å²) < 4.78 is 63.6. The van der Waals surface area contributed by atoms with E-state index >= 15 is 0 Å². The van der Waals surface area contributed by atoms with Crippen molar-refractivity contribution in [2.45, 2.75) is 333 Å². The van der Waals surface area contributed by atoms with Crippen LogP contribution in [0.4, 0.5) is 0 Å². The van der Waals surface area contributed by atoms with E-state index in [9.17, 15) is 0 Å². The quantitative estimate of drug-likeness (QED) is 0.0337. The summed E-state index contributed by atoms with van der Waals surface area (Å²) >= 11 is 0. The molecule has 688 valence electrons. The fourth-order valence-corrected chi connectivity index (χ4v) is 21.0. The first-order chi connectivity index (χ1) is 65.3. The lowest BCUT2D eigenvalue weighted by molar-refractivity contribution is -0.0120. The summed E-state index contributed by atoms with van der Waals surface area (Å²) in [7, 11) is 0. The Kier molecular flexibility index (Phi) is 33.3. The Balaban J connectivity index is 0.929. The number of hydrogen-bond donors (Lipinski definition) is 0. The molecule has 0 saturated heterocycles. The van der Waals surface area contributed by atoms with Crippen molar-refractivity contribution in [3.63, 3.8) is 0 Å². The van der Waals surface area contributed by atoms with Gasteiger partial charge in [0.05, 0.1) is 0 Å². The molecular formula is C120H140N4O8. The first-order valence-electron chi connectivity index (χ1n) is 51.4. The van der Waals surface area contributed by atoms with Crippen molar-refractivity contribution >= 4 is 0 Å². The zero-order chi connectivity index (χ0) is 89.8. The molecule has 8 heterocycles. The van der Waals surface area contributed by atoms with Gasteiger partial charge in [0.1, 0.15) is 46.0 Å². The first kappa shape index (κ1) is 92.6. The van der Waals surface area contributed by atoms with Crippen LogP contribution in [0.2, 0.25) is 0 Å². The third kappa shape index (κ3) is 23.5. The maximum atomic E-state index is 7.95. The van der Waals surface area contributed by atoms with Crippen molar-refractivity contribution in [3.8, 4) is 90.5 Å². The number of unbranched alkanes of at least 4 members (excludes halogenated alkanes) is 32. The minimum Gasteiger partial charge on any atom is -0.450 e. The predicted octanol–water partition coefficient (Wildman–Crippen LogP) is 34.3. The molecule has 0 N–H and O–H groups in total. The lowest BCUT2D eigenvalue weighted by Crippen LogP contribution is -2.26. The van der Waals surface area contributed by atoms with Gasteiger partial charge in [-0.05, 0) is 143 Å². The monoisotopic (exact) mass is 1770 g/mol. The molecule has 0 amide bonds. The van der Waals surface area contributed by atoms with Gasteiger partial charge in [-0.25, -0.2) is 0 Å². The topological polar surface area (TPSA) is 125 Å². The highest BCUT2D eigenvalue weighted by Gasteiger charge is 2.42. The summed E-state index contributed by atoms with van der Waals surface area (Å²) in [5, 5.41) is 0. The third-order valence-electron chi connectivity index (χ3n) is 28.6. The Labute approximate surface area is 787 Å². The fraction of sp³-hybridized carbons (Fsp3) is 0.433. The van der Waals surface area contributed by atoms with Crippen molar-refractivity contribution in [1.82, 2.24) is 19.9 Å². The molecule has 8 aromatic carbocycles. The SMILES string of the molecule is CCCCCCCCCCCC1c2cc3c4cc2OC(c2ccc(-c5ccncc5)cc2)Oc2cc5c(cc21)C(CCCCCCCCCCC)c1cc2c(cc1OC(c1ccc(-c6ccncc6)cc1)O5)OC(c1ccc(-c5ccncc5)cc1)Oc1cc(c(cc1C2CCCCCCCCCCC)C3CCCCCCCCCCC)OC(c1ccc(-c2ccncc2)cc1)O4. The van der Waals surface area contributed by atoms with Gasteiger partial charge in [-0.1, -0.05) is 356 Å². The van der Waals surface area contributed by atoms with Crippen LogP contribution in [0.1, 0.15) is 400 Å². The molecule has 132 heavy (non-hydrogen) atoms. The summed E-state index contributed by atoms with van der Waals surface area (Å²) in [5.41, 5.74) is 21.1. The maximum Gasteiger partial charge on any atom is 0.267 e. The summed E-state index contributed by atoms with van der Waals surface area (Å²) in [5.74, 6) is 4.98. The smallest absolute Gasteiger partial charge is 0.267 e. The molecule has 0 unspecified atom stereocenters. The van der Waals surface area contributed by atoms with Crippen LogP contribution in [0.15, 0.2) is 244 Å². The van der Waals surface area contributed by atoms with Gasteiger partial charge >= 0.3 is 0 Å². The van der Waals surface area contributed by atoms with Crippen LogP contribution in [-0.4, -0.2) is 19.9 Å². The highest BCUT2D eigenvalue weighted by molar-refractivity contribution is 5.69. The van der Waals surface area contributed by atoms with Crippen LogP contribution >= 0.6 is 0 Å². The van der Waals surface area contributed by atoms with Crippen LogP contribution in [0.5, 0.6) is 46.0 Å². The van der Waals surface area contributed by atoms with Gasteiger partial charge in [-0.2, -0.15) is 0 Å². The zero-order valence-electron chi connectivity index (χ0n) is 79.1. The second kappa shape index (κ2) is 47.4. The molecule has 17 rings (SSSR count). The number of nitrogens with zero attached hydrogens (tertiary/aromatic N) is 4. The van der Waals surface area contributed by atoms with Gasteiger partial charge < -0.3 is 37.9 Å². The Morgan fingerprint density at radius 3 is 0.470 bits per heavy atom. The van der Waals surface area contributed by atoms with E-state index in [4.69, 9.17) is 37.9 Å². The molecule has 12 aromatic rings. The van der Waals surface area contributed by atoms with Gasteiger partial charge in [0.2, 0.25) is 0 Å². The van der Waals surface area contributed by atoms with Crippen molar-refractivity contribution in [2.24, 2.45) is 0 Å². The van der Waals surface area contributed by atoms with Gasteiger partial charge in [0, 0.05) is 164 Å². The standard InChI is InChI=1S/C120H140N4O8/c1-5-9-13-17-21-25-29-33-37-41-97-101-77-103-98(42-38-34-30-26-22-18-14-10-6-2)105-79-107-100(44-40-36-32-28-24-20-16-12-8-4)108-80-106-99(43-39-35-31-27-23-19-15-11-7-3)104-78-102(97)110-82-112(104)128-119(95-57-49-87(50-58-95)91-65-73-123-74-66-91)130-114(106)84-116(108)132-120(96-59-51-88(52-60-96)92-67-75-124-76-68-92)131-115(107)83-113(105)129-118(94-55-47-86(48-56-94)90-63-71-122-72-64-90)127-111(103)81-109(101)125-117(126-110)93-53-45-85(46-54-93)89-61-69-121-70-62-89/h45-84,97-100,117-120H,5-44H2,1-4H3. The molecule has 1 aliphatic carbocycles. The molecule has 4 aromatic heterocycles. The average molecular weight is 1770 g/mol. The van der Waals surface area contributed by atoms with Crippen molar-refractivity contribution in [2.75, 3.05) is 0 Å². The van der Waals surface area contributed by atoms with E-state index in [1.165, 1.54) is 180 Å². The molecule has 8 bridgehead atoms. The molecule has 0 atom stereocenters. The van der Waals surface area contributed by atoms with Gasteiger partial charge in [0.25, 0.3) is 25.2 Å². The second-order valence-corrected chi connectivity index (χ2v) is 38.1. The molecule has 12 nitrogen and oxygen atoms in total. The number of pyridine rings is 4. The number of benzene rings is 8. The third-order valence-corrected chi connectivity index (χ3v) is 28.6. The van der Waals surface area contributed by atoms with Crippen molar-refractivity contribution in [3.05, 3.63) is 310 Å². The molecule has 5 aliphatic rings. The lowest BCUT2D eigenvalue weighted by atomic mass is 9.76. The molecule has 0 spiro atoms. The summed E-state index contributed by atoms with van der Waals surface area (Å²) in [6, 6.07) is 70.8. The Hall–Kier alpha value is -11.2. The largest absolute Gasteiger partial charge is 0.450 e. The number of aromatic nitrogens is 4. The average Bonchev–Trinajstić information content (AvgIpc) is 0.778. The highest BCUT2D eigenvalue weighted by atomic mass is 16.7. The van der Waals surface area contributed by atoms with Gasteiger partial charge in [0.15, 0.2) is 0 Å². The Bertz CT molecular complexity index is 4750. The lowest BCUT2D eigenvalue weighted by Gasteiger charge is -2.38. The summed E-state index contributed by atoms with van der Waals surface area (Å²) in [6.45, 7) is 9.26. The number of ether oxygens (including phenoxy) is 8. The normalized spacial score (nSPS) is 17.7. The van der Waals surface area contributed by atoms with Crippen LogP contribution in [-0.2, 0) is 0 Å². The Morgan fingerprint density at radius 1 is 0.167 bits per heavy atom. The summed E-state index contributed by atoms with van der Waals surface area (Å²) in [6.07, 6.45) is 58.0. The van der Waals surface area contributed by atoms with Crippen molar-refractivity contribution in [1.29, 1.82) is 0 Å². The fourth-order valence-electron chi connectivity index (χ4n) is 21.0. The van der Waals surface area contributed by atoms with Crippen LogP contribution in [0.3, 0.4) is 0 Å². The van der Waals surface area contributed by atoms with E-state index in [-0.39, 0.29) is 23.7 Å². The second-order valence-electron chi connectivity index (χ2n) is 38.1. The minimum absolute atomic E-state index is 0.213. The maximum absolute atomic E-state index is 7.95. The number of hydrogen-bond acceptors (Lipinski definition) is 12. The first-order valence-corrected chi connectivity index (χ1v) is 51.4. The predicted molar refractivity (Wildman–Crippen MR) is 535 cm³/mol. The molecule has 0 radical (unpaired) electrons. The van der Waals surface area contributed by atoms with E-state index in [1.807, 2.05) is 49.6 Å². The minimum atomic E-state index is -0.942. The molecule has 4 aliphatic heterocycles. The zero-order valence-corrected chi connectivity index (χ0v) is 79.1.